The molecule has 0 bridgehead atoms. The average molecular weight is 479 g/mol. The van der Waals surface area contributed by atoms with Crippen molar-refractivity contribution in [2.75, 3.05) is 4.72 Å². The molecule has 0 fully saturated rings. The van der Waals surface area contributed by atoms with Crippen molar-refractivity contribution < 1.29 is 22.6 Å². The molecule has 5 rings (SSSR count). The topological polar surface area (TPSA) is 120 Å². The lowest BCUT2D eigenvalue weighted by molar-refractivity contribution is -0.385. The van der Waals surface area contributed by atoms with Crippen LogP contribution in [0.4, 0.5) is 11.4 Å². The Morgan fingerprint density at radius 3 is 2.44 bits per heavy atom. The number of sulfonamides is 1. The summed E-state index contributed by atoms with van der Waals surface area (Å²) in [6.07, 6.45) is 0.973. The summed E-state index contributed by atoms with van der Waals surface area (Å²) in [6.45, 7) is 5.60. The second kappa shape index (κ2) is 7.39. The molecule has 174 valence electrons. The van der Waals surface area contributed by atoms with Gasteiger partial charge in [0, 0.05) is 41.1 Å². The molecule has 0 saturated heterocycles. The Bertz CT molecular complexity index is 1630. The van der Waals surface area contributed by atoms with Crippen molar-refractivity contribution in [3.05, 3.63) is 75.5 Å². The fraction of sp³-hybridized carbons (Fsp3) is 0.240. The first-order chi connectivity index (χ1) is 16.0. The minimum Gasteiger partial charge on any atom is -0.460 e. The minimum absolute atomic E-state index is 0.0383. The molecule has 3 aromatic carbocycles. The summed E-state index contributed by atoms with van der Waals surface area (Å²) in [6, 6.07) is 12.5. The standard InChI is InChI=1S/C25H22N2O6S/c1-14-8-9-15(27(29)30)10-22(14)34(31,32)26-19-11-18-23-20(28)12-25(2,3)13-21(23)33-24(18)17-7-5-4-6-16(17)19/h4-11,26H,12-13H2,1-3H3. The third-order valence-electron chi connectivity index (χ3n) is 6.24. The molecule has 4 aromatic rings. The number of carbonyl (C=O) groups is 1. The number of nitrogens with zero attached hydrogens (tertiary/aromatic N) is 1. The van der Waals surface area contributed by atoms with Crippen LogP contribution < -0.4 is 4.72 Å². The van der Waals surface area contributed by atoms with E-state index >= 15 is 0 Å². The molecule has 0 saturated carbocycles. The van der Waals surface area contributed by atoms with Gasteiger partial charge in [0.15, 0.2) is 5.78 Å². The van der Waals surface area contributed by atoms with Crippen LogP contribution in [0.25, 0.3) is 21.7 Å². The molecule has 0 amide bonds. The maximum Gasteiger partial charge on any atom is 0.270 e. The molecule has 1 heterocycles. The third kappa shape index (κ3) is 3.52. The molecule has 9 heteroatoms. The Labute approximate surface area is 195 Å². The smallest absolute Gasteiger partial charge is 0.270 e. The highest BCUT2D eigenvalue weighted by molar-refractivity contribution is 7.92. The molecule has 1 N–H and O–H groups in total. The highest BCUT2D eigenvalue weighted by Crippen LogP contribution is 2.43. The van der Waals surface area contributed by atoms with E-state index in [-0.39, 0.29) is 27.5 Å². The molecular formula is C25H22N2O6S. The largest absolute Gasteiger partial charge is 0.460 e. The number of nitro benzene ring substituents is 1. The van der Waals surface area contributed by atoms with Gasteiger partial charge in [0.2, 0.25) is 0 Å². The number of carbonyl (C=O) groups excluding carboxylic acids is 1. The fourth-order valence-corrected chi connectivity index (χ4v) is 6.03. The number of Topliss-reactive ketones (excluding diaryl/α,β-unsaturated/α-hetero) is 1. The van der Waals surface area contributed by atoms with Gasteiger partial charge in [0.05, 0.1) is 21.1 Å². The zero-order valence-corrected chi connectivity index (χ0v) is 19.7. The van der Waals surface area contributed by atoms with Crippen molar-refractivity contribution in [1.82, 2.24) is 0 Å². The first-order valence-electron chi connectivity index (χ1n) is 10.7. The number of hydrogen-bond acceptors (Lipinski definition) is 6. The van der Waals surface area contributed by atoms with E-state index in [1.54, 1.807) is 25.1 Å². The maximum atomic E-state index is 13.3. The average Bonchev–Trinajstić information content (AvgIpc) is 3.11. The molecule has 0 radical (unpaired) electrons. The molecule has 8 nitrogen and oxygen atoms in total. The van der Waals surface area contributed by atoms with Crippen molar-refractivity contribution in [1.29, 1.82) is 0 Å². The molecule has 0 atom stereocenters. The van der Waals surface area contributed by atoms with Crippen LogP contribution in [0.1, 0.15) is 41.9 Å². The van der Waals surface area contributed by atoms with Gasteiger partial charge in [-0.15, -0.1) is 0 Å². The number of nitrogens with one attached hydrogen (secondary N) is 1. The van der Waals surface area contributed by atoms with Crippen LogP contribution in [0.5, 0.6) is 0 Å². The van der Waals surface area contributed by atoms with Gasteiger partial charge in [-0.1, -0.05) is 44.2 Å². The van der Waals surface area contributed by atoms with Crippen molar-refractivity contribution >= 4 is 48.9 Å². The fourth-order valence-electron chi connectivity index (χ4n) is 4.70. The lowest BCUT2D eigenvalue weighted by Gasteiger charge is -2.27. The summed E-state index contributed by atoms with van der Waals surface area (Å²) >= 11 is 0. The summed E-state index contributed by atoms with van der Waals surface area (Å²) < 4.78 is 35.4. The van der Waals surface area contributed by atoms with Crippen molar-refractivity contribution in [3.63, 3.8) is 0 Å². The van der Waals surface area contributed by atoms with Crippen molar-refractivity contribution in [2.45, 2.75) is 38.5 Å². The molecule has 1 aromatic heterocycles. The Morgan fingerprint density at radius 2 is 1.74 bits per heavy atom. The van der Waals surface area contributed by atoms with Gasteiger partial charge in [-0.2, -0.15) is 0 Å². The summed E-state index contributed by atoms with van der Waals surface area (Å²) in [5.74, 6) is 0.569. The van der Waals surface area contributed by atoms with E-state index in [4.69, 9.17) is 4.42 Å². The number of nitro groups is 1. The monoisotopic (exact) mass is 478 g/mol. The number of rotatable bonds is 4. The molecule has 34 heavy (non-hydrogen) atoms. The van der Waals surface area contributed by atoms with Gasteiger partial charge in [0.25, 0.3) is 15.7 Å². The second-order valence-electron chi connectivity index (χ2n) is 9.50. The van der Waals surface area contributed by atoms with E-state index in [0.717, 1.165) is 6.07 Å². The lowest BCUT2D eigenvalue weighted by atomic mass is 9.76. The van der Waals surface area contributed by atoms with Gasteiger partial charge in [-0.25, -0.2) is 8.42 Å². The summed E-state index contributed by atoms with van der Waals surface area (Å²) in [7, 11) is -4.17. The van der Waals surface area contributed by atoms with Crippen LogP contribution in [0.15, 0.2) is 57.8 Å². The van der Waals surface area contributed by atoms with E-state index in [2.05, 4.69) is 4.72 Å². The normalized spacial score (nSPS) is 15.4. The molecule has 1 aliphatic rings. The number of anilines is 1. The maximum absolute atomic E-state index is 13.3. The Morgan fingerprint density at radius 1 is 1.03 bits per heavy atom. The molecule has 0 unspecified atom stereocenters. The van der Waals surface area contributed by atoms with Crippen LogP contribution in [-0.2, 0) is 16.4 Å². The predicted molar refractivity (Wildman–Crippen MR) is 129 cm³/mol. The van der Waals surface area contributed by atoms with Gasteiger partial charge in [0.1, 0.15) is 11.3 Å². The van der Waals surface area contributed by atoms with E-state index in [9.17, 15) is 23.3 Å². The van der Waals surface area contributed by atoms with Crippen LogP contribution in [0, 0.1) is 22.5 Å². The number of aryl methyl sites for hydroxylation is 1. The number of fused-ring (bicyclic) bond motifs is 5. The number of non-ortho nitro benzene ring substituents is 1. The van der Waals surface area contributed by atoms with Crippen LogP contribution in [-0.4, -0.2) is 19.1 Å². The van der Waals surface area contributed by atoms with Crippen molar-refractivity contribution in [3.8, 4) is 0 Å². The van der Waals surface area contributed by atoms with Gasteiger partial charge in [-0.05, 0) is 24.0 Å². The van der Waals surface area contributed by atoms with Gasteiger partial charge < -0.3 is 4.42 Å². The third-order valence-corrected chi connectivity index (χ3v) is 7.75. The molecule has 0 aliphatic heterocycles. The zero-order valence-electron chi connectivity index (χ0n) is 18.8. The van der Waals surface area contributed by atoms with Gasteiger partial charge in [-0.3, -0.25) is 19.6 Å². The lowest BCUT2D eigenvalue weighted by Crippen LogP contribution is -2.25. The van der Waals surface area contributed by atoms with E-state index in [0.29, 0.717) is 51.5 Å². The SMILES string of the molecule is Cc1ccc([N+](=O)[O-])cc1S(=O)(=O)Nc1cc2c3c(oc2c2ccccc12)CC(C)(C)CC3=O. The first-order valence-corrected chi connectivity index (χ1v) is 12.2. The highest BCUT2D eigenvalue weighted by atomic mass is 32.2. The quantitative estimate of drug-likeness (QED) is 0.294. The molecular weight excluding hydrogens is 456 g/mol. The summed E-state index contributed by atoms with van der Waals surface area (Å²) in [5.41, 5.74) is 1.14. The Hall–Kier alpha value is -3.72. The number of hydrogen-bond donors (Lipinski definition) is 1. The minimum atomic E-state index is -4.17. The summed E-state index contributed by atoms with van der Waals surface area (Å²) in [5, 5.41) is 13.0. The van der Waals surface area contributed by atoms with Gasteiger partial charge >= 0.3 is 0 Å². The Kier molecular flexibility index (Phi) is 4.80. The summed E-state index contributed by atoms with van der Waals surface area (Å²) in [4.78, 5) is 23.4. The number of furan rings is 1. The first kappa shape index (κ1) is 22.1. The van der Waals surface area contributed by atoms with Crippen molar-refractivity contribution in [2.24, 2.45) is 5.41 Å². The van der Waals surface area contributed by atoms with Crippen LogP contribution in [0.3, 0.4) is 0 Å². The van der Waals surface area contributed by atoms with E-state index in [1.807, 2.05) is 26.0 Å². The number of benzene rings is 3. The second-order valence-corrected chi connectivity index (χ2v) is 11.2. The number of ketones is 1. The van der Waals surface area contributed by atoms with E-state index in [1.165, 1.54) is 12.1 Å². The highest BCUT2D eigenvalue weighted by Gasteiger charge is 2.36. The molecule has 1 aliphatic carbocycles. The van der Waals surface area contributed by atoms with E-state index < -0.39 is 14.9 Å². The Balaban J connectivity index is 1.72. The zero-order chi connectivity index (χ0) is 24.4. The van der Waals surface area contributed by atoms with Crippen LogP contribution >= 0.6 is 0 Å². The van der Waals surface area contributed by atoms with Crippen LogP contribution in [0.2, 0.25) is 0 Å². The predicted octanol–water partition coefficient (Wildman–Crippen LogP) is 5.76. The molecule has 0 spiro atoms.